The second kappa shape index (κ2) is 8.88. The molecule has 2 aromatic rings. The fourth-order valence-electron chi connectivity index (χ4n) is 4.73. The molecule has 30 heavy (non-hydrogen) atoms. The number of hydrogen-bond acceptors (Lipinski definition) is 3. The monoisotopic (exact) mass is 406 g/mol. The van der Waals surface area contributed by atoms with Crippen LogP contribution in [0.3, 0.4) is 0 Å². The fraction of sp³-hybridized carbons (Fsp3) is 0.417. The molecule has 6 heteroatoms. The van der Waals surface area contributed by atoms with Gasteiger partial charge in [-0.15, -0.1) is 0 Å². The molecule has 2 aliphatic rings. The molecule has 0 spiro atoms. The van der Waals surface area contributed by atoms with Crippen molar-refractivity contribution in [2.75, 3.05) is 44.7 Å². The first-order valence-corrected chi connectivity index (χ1v) is 10.7. The fourth-order valence-corrected chi connectivity index (χ4v) is 4.73. The van der Waals surface area contributed by atoms with Crippen molar-refractivity contribution in [3.05, 3.63) is 65.7 Å². The number of nitrogens with two attached hydrogens (primary N) is 1. The number of hydrogen-bond donors (Lipinski definition) is 1. The third-order valence-corrected chi connectivity index (χ3v) is 6.46. The van der Waals surface area contributed by atoms with Gasteiger partial charge in [0.05, 0.1) is 0 Å². The molecule has 2 aromatic carbocycles. The number of benzene rings is 2. The molecular formula is C24H30N4O2. The zero-order valence-corrected chi connectivity index (χ0v) is 17.5. The molecule has 2 aliphatic heterocycles. The molecule has 0 saturated carbocycles. The van der Waals surface area contributed by atoms with E-state index in [0.29, 0.717) is 23.1 Å². The van der Waals surface area contributed by atoms with E-state index < -0.39 is 6.03 Å². The van der Waals surface area contributed by atoms with Crippen molar-refractivity contribution in [1.82, 2.24) is 9.80 Å². The molecule has 2 heterocycles. The standard InChI is InChI=1S/C24H30N4O2/c1-26(24(25)30)22-11-9-19(10-12-22)23(29)28-16-20-14-27(15-21(20)17-28)13-5-8-18-6-3-2-4-7-18/h2-4,6-7,9-12,20-21H,5,8,13-17H2,1H3,(H2,25,30)/t20-,21?/m0/s1. The van der Waals surface area contributed by atoms with Crippen molar-refractivity contribution in [3.63, 3.8) is 0 Å². The van der Waals surface area contributed by atoms with Gasteiger partial charge in [-0.05, 0) is 61.1 Å². The van der Waals surface area contributed by atoms with Crippen LogP contribution in [0.2, 0.25) is 0 Å². The van der Waals surface area contributed by atoms with Crippen molar-refractivity contribution >= 4 is 17.6 Å². The highest BCUT2D eigenvalue weighted by Crippen LogP contribution is 2.32. The normalized spacial score (nSPS) is 20.9. The van der Waals surface area contributed by atoms with Crippen LogP contribution in [0.1, 0.15) is 22.3 Å². The minimum atomic E-state index is -0.519. The lowest BCUT2D eigenvalue weighted by Crippen LogP contribution is -2.34. The Bertz CT molecular complexity index is 870. The van der Waals surface area contributed by atoms with Crippen LogP contribution in [-0.4, -0.2) is 61.5 Å². The first-order valence-electron chi connectivity index (χ1n) is 10.7. The van der Waals surface area contributed by atoms with Gasteiger partial charge in [0, 0.05) is 44.5 Å². The highest BCUT2D eigenvalue weighted by molar-refractivity contribution is 5.96. The van der Waals surface area contributed by atoms with E-state index in [9.17, 15) is 9.59 Å². The Morgan fingerprint density at radius 2 is 1.60 bits per heavy atom. The number of amides is 3. The van der Waals surface area contributed by atoms with Gasteiger partial charge >= 0.3 is 6.03 Å². The van der Waals surface area contributed by atoms with Crippen LogP contribution in [0.25, 0.3) is 0 Å². The molecule has 4 rings (SSSR count). The van der Waals surface area contributed by atoms with Crippen LogP contribution in [0.5, 0.6) is 0 Å². The zero-order valence-electron chi connectivity index (χ0n) is 17.5. The van der Waals surface area contributed by atoms with Crippen molar-refractivity contribution in [1.29, 1.82) is 0 Å². The van der Waals surface area contributed by atoms with E-state index in [4.69, 9.17) is 5.73 Å². The maximum atomic E-state index is 12.9. The lowest BCUT2D eigenvalue weighted by molar-refractivity contribution is 0.0774. The van der Waals surface area contributed by atoms with Crippen LogP contribution < -0.4 is 10.6 Å². The number of anilines is 1. The molecule has 3 amide bonds. The molecular weight excluding hydrogens is 376 g/mol. The summed E-state index contributed by atoms with van der Waals surface area (Å²) >= 11 is 0. The molecule has 6 nitrogen and oxygen atoms in total. The van der Waals surface area contributed by atoms with Crippen LogP contribution in [0.15, 0.2) is 54.6 Å². The largest absolute Gasteiger partial charge is 0.351 e. The summed E-state index contributed by atoms with van der Waals surface area (Å²) < 4.78 is 0. The van der Waals surface area contributed by atoms with E-state index in [1.165, 1.54) is 16.9 Å². The lowest BCUT2D eigenvalue weighted by Gasteiger charge is -2.22. The molecule has 1 unspecified atom stereocenters. The Kier molecular flexibility index (Phi) is 6.04. The highest BCUT2D eigenvalue weighted by Gasteiger charge is 2.41. The second-order valence-corrected chi connectivity index (χ2v) is 8.52. The maximum Gasteiger partial charge on any atom is 0.318 e. The summed E-state index contributed by atoms with van der Waals surface area (Å²) in [7, 11) is 1.62. The maximum absolute atomic E-state index is 12.9. The first kappa shape index (κ1) is 20.4. The van der Waals surface area contributed by atoms with Gasteiger partial charge in [0.2, 0.25) is 0 Å². The number of rotatable bonds is 6. The van der Waals surface area contributed by atoms with Crippen LogP contribution in [0, 0.1) is 11.8 Å². The number of nitrogens with zero attached hydrogens (tertiary/aromatic N) is 3. The van der Waals surface area contributed by atoms with Gasteiger partial charge < -0.3 is 15.5 Å². The summed E-state index contributed by atoms with van der Waals surface area (Å²) in [5.74, 6) is 1.23. The molecule has 0 aromatic heterocycles. The predicted molar refractivity (Wildman–Crippen MR) is 119 cm³/mol. The lowest BCUT2D eigenvalue weighted by atomic mass is 10.0. The van der Waals surface area contributed by atoms with Crippen molar-refractivity contribution in [2.45, 2.75) is 12.8 Å². The molecule has 0 aliphatic carbocycles. The second-order valence-electron chi connectivity index (χ2n) is 8.52. The van der Waals surface area contributed by atoms with Gasteiger partial charge in [0.15, 0.2) is 0 Å². The zero-order chi connectivity index (χ0) is 21.1. The molecule has 0 radical (unpaired) electrons. The Morgan fingerprint density at radius 1 is 0.967 bits per heavy atom. The molecule has 2 atom stereocenters. The summed E-state index contributed by atoms with van der Waals surface area (Å²) in [5, 5.41) is 0. The van der Waals surface area contributed by atoms with Gasteiger partial charge in [-0.2, -0.15) is 0 Å². The minimum absolute atomic E-state index is 0.0771. The predicted octanol–water partition coefficient (Wildman–Crippen LogP) is 2.84. The smallest absolute Gasteiger partial charge is 0.318 e. The summed E-state index contributed by atoms with van der Waals surface area (Å²) in [5.41, 5.74) is 8.05. The third-order valence-electron chi connectivity index (χ3n) is 6.46. The third kappa shape index (κ3) is 4.49. The Morgan fingerprint density at radius 3 is 2.20 bits per heavy atom. The number of fused-ring (bicyclic) bond motifs is 1. The Balaban J connectivity index is 1.25. The first-order chi connectivity index (χ1) is 14.5. The van der Waals surface area contributed by atoms with Gasteiger partial charge in [-0.3, -0.25) is 9.69 Å². The van der Waals surface area contributed by atoms with E-state index in [-0.39, 0.29) is 5.91 Å². The number of carbonyl (C=O) groups is 2. The van der Waals surface area contributed by atoms with E-state index >= 15 is 0 Å². The summed E-state index contributed by atoms with van der Waals surface area (Å²) in [6.45, 7) is 4.98. The van der Waals surface area contributed by atoms with Gasteiger partial charge in [0.1, 0.15) is 0 Å². The average Bonchev–Trinajstić information content (AvgIpc) is 3.32. The SMILES string of the molecule is CN(C(N)=O)c1ccc(C(=O)N2CC3CN(CCCc4ccccc4)C[C@H]3C2)cc1. The van der Waals surface area contributed by atoms with Crippen molar-refractivity contribution < 1.29 is 9.59 Å². The summed E-state index contributed by atoms with van der Waals surface area (Å²) in [6, 6.07) is 17.2. The van der Waals surface area contributed by atoms with E-state index in [2.05, 4.69) is 35.2 Å². The Hall–Kier alpha value is -2.86. The average molecular weight is 407 g/mol. The number of urea groups is 1. The van der Waals surface area contributed by atoms with E-state index in [1.54, 1.807) is 31.3 Å². The molecule has 2 N–H and O–H groups in total. The molecule has 0 bridgehead atoms. The molecule has 158 valence electrons. The number of primary amides is 1. The van der Waals surface area contributed by atoms with Gasteiger partial charge in [-0.25, -0.2) is 4.79 Å². The minimum Gasteiger partial charge on any atom is -0.351 e. The van der Waals surface area contributed by atoms with E-state index in [0.717, 1.165) is 39.1 Å². The van der Waals surface area contributed by atoms with Crippen LogP contribution in [0.4, 0.5) is 10.5 Å². The summed E-state index contributed by atoms with van der Waals surface area (Å²) in [6.07, 6.45) is 2.30. The number of aryl methyl sites for hydroxylation is 1. The molecule has 2 saturated heterocycles. The van der Waals surface area contributed by atoms with Gasteiger partial charge in [0.25, 0.3) is 5.91 Å². The highest BCUT2D eigenvalue weighted by atomic mass is 16.2. The number of carbonyl (C=O) groups excluding carboxylic acids is 2. The van der Waals surface area contributed by atoms with Crippen molar-refractivity contribution in [2.24, 2.45) is 17.6 Å². The summed E-state index contributed by atoms with van der Waals surface area (Å²) in [4.78, 5) is 30.1. The topological polar surface area (TPSA) is 69.9 Å². The van der Waals surface area contributed by atoms with Crippen LogP contribution in [-0.2, 0) is 6.42 Å². The number of likely N-dealkylation sites (tertiary alicyclic amines) is 2. The quantitative estimate of drug-likeness (QED) is 0.802. The van der Waals surface area contributed by atoms with Crippen molar-refractivity contribution in [3.8, 4) is 0 Å². The van der Waals surface area contributed by atoms with Crippen LogP contribution >= 0.6 is 0 Å². The Labute approximate surface area is 178 Å². The van der Waals surface area contributed by atoms with E-state index in [1.807, 2.05) is 4.90 Å². The molecule has 2 fully saturated rings. The van der Waals surface area contributed by atoms with Gasteiger partial charge in [-0.1, -0.05) is 30.3 Å².